The highest BCUT2D eigenvalue weighted by Crippen LogP contribution is 2.30. The van der Waals surface area contributed by atoms with Crippen LogP contribution in [0, 0.1) is 6.92 Å². The first kappa shape index (κ1) is 20.2. The zero-order valence-electron chi connectivity index (χ0n) is 16.1. The number of hydrogen-bond acceptors (Lipinski definition) is 3. The molecule has 2 heterocycles. The van der Waals surface area contributed by atoms with Gasteiger partial charge in [-0.2, -0.15) is 18.3 Å². The minimum atomic E-state index is -4.63. The van der Waals surface area contributed by atoms with Gasteiger partial charge in [0.2, 0.25) is 5.91 Å². The third kappa shape index (κ3) is 4.27. The number of carbonyl (C=O) groups is 1. The number of nitrogens with one attached hydrogen (secondary N) is 3. The molecule has 0 fully saturated rings. The Hall–Kier alpha value is -4.08. The van der Waals surface area contributed by atoms with Crippen LogP contribution in [0.5, 0.6) is 0 Å². The first-order valence-electron chi connectivity index (χ1n) is 9.15. The van der Waals surface area contributed by atoms with Gasteiger partial charge in [0.25, 0.3) is 0 Å². The fraction of sp³-hybridized carbons (Fsp3) is 0.0952. The van der Waals surface area contributed by atoms with Gasteiger partial charge in [0, 0.05) is 6.08 Å². The van der Waals surface area contributed by atoms with Gasteiger partial charge < -0.3 is 15.3 Å². The molecule has 0 bridgehead atoms. The third-order valence-electron chi connectivity index (χ3n) is 4.49. The Morgan fingerprint density at radius 1 is 1.13 bits per heavy atom. The van der Waals surface area contributed by atoms with E-state index in [1.165, 1.54) is 6.08 Å². The number of carbonyl (C=O) groups excluding carboxylic acids is 1. The Bertz CT molecular complexity index is 1360. The minimum absolute atomic E-state index is 0.0846. The number of hydrogen-bond donors (Lipinski definition) is 3. The maximum absolute atomic E-state index is 13.2. The molecule has 2 aromatic heterocycles. The van der Waals surface area contributed by atoms with Crippen molar-refractivity contribution in [2.24, 2.45) is 0 Å². The summed E-state index contributed by atoms with van der Waals surface area (Å²) in [6, 6.07) is 12.6. The second kappa shape index (κ2) is 7.63. The van der Waals surface area contributed by atoms with Crippen LogP contribution in [0.2, 0.25) is 0 Å². The topological polar surface area (TPSA) is 95.6 Å². The van der Waals surface area contributed by atoms with Crippen LogP contribution in [0.4, 0.5) is 18.9 Å². The highest BCUT2D eigenvalue weighted by Gasteiger charge is 2.34. The van der Waals surface area contributed by atoms with Crippen molar-refractivity contribution in [3.63, 3.8) is 0 Å². The van der Waals surface area contributed by atoms with Crippen molar-refractivity contribution in [3.8, 4) is 5.69 Å². The number of amides is 1. The summed E-state index contributed by atoms with van der Waals surface area (Å²) < 4.78 is 40.7. The van der Waals surface area contributed by atoms with Crippen molar-refractivity contribution >= 4 is 28.7 Å². The lowest BCUT2D eigenvalue weighted by molar-refractivity contribution is -0.141. The number of aryl methyl sites for hydroxylation is 1. The number of para-hydroxylation sites is 1. The highest BCUT2D eigenvalue weighted by atomic mass is 19.4. The third-order valence-corrected chi connectivity index (χ3v) is 4.49. The number of nitrogens with zero attached hydrogens (tertiary/aromatic N) is 2. The quantitative estimate of drug-likeness (QED) is 0.429. The Kier molecular flexibility index (Phi) is 4.97. The summed E-state index contributed by atoms with van der Waals surface area (Å²) in [5.41, 5.74) is 1.17. The molecule has 0 saturated carbocycles. The van der Waals surface area contributed by atoms with E-state index in [9.17, 15) is 22.8 Å². The lowest BCUT2D eigenvalue weighted by Gasteiger charge is -2.06. The van der Waals surface area contributed by atoms with Crippen LogP contribution < -0.4 is 11.0 Å². The van der Waals surface area contributed by atoms with E-state index in [4.69, 9.17) is 0 Å². The molecule has 2 aromatic carbocycles. The molecule has 1 amide bonds. The van der Waals surface area contributed by atoms with Crippen LogP contribution in [0.1, 0.15) is 17.0 Å². The summed E-state index contributed by atoms with van der Waals surface area (Å²) >= 11 is 0. The van der Waals surface area contributed by atoms with Gasteiger partial charge in [0.05, 0.1) is 28.1 Å². The number of halogens is 3. The molecule has 0 aliphatic heterocycles. The number of benzene rings is 2. The van der Waals surface area contributed by atoms with Crippen molar-refractivity contribution in [2.75, 3.05) is 5.32 Å². The van der Waals surface area contributed by atoms with Gasteiger partial charge in [-0.25, -0.2) is 9.48 Å². The van der Waals surface area contributed by atoms with Gasteiger partial charge >= 0.3 is 11.9 Å². The maximum Gasteiger partial charge on any atom is 0.435 e. The van der Waals surface area contributed by atoms with Crippen molar-refractivity contribution in [1.82, 2.24) is 19.7 Å². The zero-order valence-corrected chi connectivity index (χ0v) is 16.1. The van der Waals surface area contributed by atoms with Crippen molar-refractivity contribution in [3.05, 3.63) is 82.0 Å². The lowest BCUT2D eigenvalue weighted by Crippen LogP contribution is -2.09. The molecule has 158 valence electrons. The second-order valence-corrected chi connectivity index (χ2v) is 6.83. The number of anilines is 1. The van der Waals surface area contributed by atoms with Gasteiger partial charge in [-0.15, -0.1) is 0 Å². The average molecular weight is 427 g/mol. The smallest absolute Gasteiger partial charge is 0.321 e. The van der Waals surface area contributed by atoms with Crippen molar-refractivity contribution < 1.29 is 18.0 Å². The Labute approximate surface area is 173 Å². The normalized spacial score (nSPS) is 12.0. The average Bonchev–Trinajstić information content (AvgIpc) is 3.30. The summed E-state index contributed by atoms with van der Waals surface area (Å²) in [5, 5.41) is 6.27. The number of H-pyrrole nitrogens is 2. The number of alkyl halides is 3. The van der Waals surface area contributed by atoms with E-state index in [0.717, 1.165) is 22.4 Å². The minimum Gasteiger partial charge on any atom is -0.321 e. The molecule has 0 spiro atoms. The van der Waals surface area contributed by atoms with Crippen LogP contribution >= 0.6 is 0 Å². The van der Waals surface area contributed by atoms with Gasteiger partial charge in [0.15, 0.2) is 5.69 Å². The molecular formula is C21H16F3N5O2. The van der Waals surface area contributed by atoms with Gasteiger partial charge in [-0.1, -0.05) is 18.2 Å². The summed E-state index contributed by atoms with van der Waals surface area (Å²) in [7, 11) is 0. The fourth-order valence-corrected chi connectivity index (χ4v) is 3.12. The van der Waals surface area contributed by atoms with E-state index in [1.54, 1.807) is 36.4 Å². The molecule has 10 heteroatoms. The fourth-order valence-electron chi connectivity index (χ4n) is 3.12. The Morgan fingerprint density at radius 2 is 1.90 bits per heavy atom. The molecule has 0 aliphatic carbocycles. The molecule has 0 radical (unpaired) electrons. The number of imidazole rings is 1. The van der Waals surface area contributed by atoms with Crippen LogP contribution in [0.15, 0.2) is 59.4 Å². The van der Waals surface area contributed by atoms with Gasteiger partial charge in [0.1, 0.15) is 0 Å². The molecule has 31 heavy (non-hydrogen) atoms. The predicted molar refractivity (Wildman–Crippen MR) is 110 cm³/mol. The molecule has 0 aliphatic rings. The molecule has 0 saturated heterocycles. The number of fused-ring (bicyclic) bond motifs is 1. The molecule has 4 aromatic rings. The zero-order chi connectivity index (χ0) is 22.2. The van der Waals surface area contributed by atoms with E-state index in [-0.39, 0.29) is 5.69 Å². The van der Waals surface area contributed by atoms with Crippen LogP contribution in [-0.2, 0) is 11.0 Å². The molecule has 0 unspecified atom stereocenters. The summed E-state index contributed by atoms with van der Waals surface area (Å²) in [4.78, 5) is 29.0. The van der Waals surface area contributed by atoms with Crippen LogP contribution in [-0.4, -0.2) is 25.7 Å². The molecule has 4 rings (SSSR count). The summed E-state index contributed by atoms with van der Waals surface area (Å²) in [6.07, 6.45) is -2.28. The molecule has 0 atom stereocenters. The van der Waals surface area contributed by atoms with E-state index in [1.807, 2.05) is 13.0 Å². The molecular weight excluding hydrogens is 411 g/mol. The lowest BCUT2D eigenvalue weighted by atomic mass is 10.2. The second-order valence-electron chi connectivity index (χ2n) is 6.83. The monoisotopic (exact) mass is 427 g/mol. The molecule has 3 N–H and O–H groups in total. The van der Waals surface area contributed by atoms with Gasteiger partial charge in [-0.3, -0.25) is 4.79 Å². The molecule has 7 nitrogen and oxygen atoms in total. The van der Waals surface area contributed by atoms with E-state index in [2.05, 4.69) is 20.4 Å². The van der Waals surface area contributed by atoms with Crippen LogP contribution in [0.25, 0.3) is 22.8 Å². The number of aromatic nitrogens is 4. The first-order chi connectivity index (χ1) is 14.7. The highest BCUT2D eigenvalue weighted by molar-refractivity contribution is 6.06. The van der Waals surface area contributed by atoms with E-state index < -0.39 is 23.5 Å². The van der Waals surface area contributed by atoms with Crippen LogP contribution in [0.3, 0.4) is 0 Å². The largest absolute Gasteiger partial charge is 0.435 e. The Balaban J connectivity index is 1.65. The summed E-state index contributed by atoms with van der Waals surface area (Å²) in [6.45, 7) is 1.81. The SMILES string of the molecule is Cc1cccc(-n2nc(C(F)(F)F)cc2/C=C/C(=O)Nc2cccc3[nH]c(=O)[nH]c23)c1. The van der Waals surface area contributed by atoms with E-state index in [0.29, 0.717) is 22.4 Å². The predicted octanol–water partition coefficient (Wildman–Crippen LogP) is 4.02. The Morgan fingerprint density at radius 3 is 2.65 bits per heavy atom. The maximum atomic E-state index is 13.2. The number of aromatic amines is 2. The van der Waals surface area contributed by atoms with E-state index >= 15 is 0 Å². The summed E-state index contributed by atoms with van der Waals surface area (Å²) in [5.74, 6) is -0.583. The van der Waals surface area contributed by atoms with Gasteiger partial charge in [-0.05, 0) is 48.9 Å². The van der Waals surface area contributed by atoms with Crippen molar-refractivity contribution in [1.29, 1.82) is 0 Å². The first-order valence-corrected chi connectivity index (χ1v) is 9.15. The number of rotatable bonds is 4. The van der Waals surface area contributed by atoms with Crippen molar-refractivity contribution in [2.45, 2.75) is 13.1 Å². The standard InChI is InChI=1S/C21H16F3N5O2/c1-12-4-2-5-13(10-12)29-14(11-17(28-29)21(22,23)24)8-9-18(30)25-15-6-3-7-16-19(15)27-20(31)26-16/h2-11H,1H3,(H,25,30)(H2,26,27,31)/b9-8+.